The van der Waals surface area contributed by atoms with Gasteiger partial charge in [-0.1, -0.05) is 18.2 Å². The first kappa shape index (κ1) is 10.7. The predicted octanol–water partition coefficient (Wildman–Crippen LogP) is 1.05. The molecule has 0 aliphatic heterocycles. The molecule has 0 aliphatic rings. The summed E-state index contributed by atoms with van der Waals surface area (Å²) in [5.41, 5.74) is 1.85. The van der Waals surface area contributed by atoms with Gasteiger partial charge >= 0.3 is 5.97 Å². The Labute approximate surface area is 91.8 Å². The summed E-state index contributed by atoms with van der Waals surface area (Å²) in [7, 11) is 0. The van der Waals surface area contributed by atoms with Gasteiger partial charge in [0, 0.05) is 23.5 Å². The van der Waals surface area contributed by atoms with Crippen LogP contribution in [0.3, 0.4) is 0 Å². The Bertz CT molecular complexity index is 507. The SMILES string of the molecule is NO[C@@H](Cc1c[nH]c2ccccc12)C(=O)O. The molecule has 1 atom stereocenters. The molecule has 5 nitrogen and oxygen atoms in total. The Morgan fingerprint density at radius 1 is 1.50 bits per heavy atom. The fourth-order valence-electron chi connectivity index (χ4n) is 1.69. The maximum Gasteiger partial charge on any atom is 0.335 e. The van der Waals surface area contributed by atoms with Crippen molar-refractivity contribution in [1.82, 2.24) is 4.98 Å². The number of nitrogens with two attached hydrogens (primary N) is 1. The summed E-state index contributed by atoms with van der Waals surface area (Å²) in [5.74, 6) is 3.88. The molecule has 0 spiro atoms. The van der Waals surface area contributed by atoms with E-state index in [1.807, 2.05) is 24.3 Å². The van der Waals surface area contributed by atoms with Crippen LogP contribution in [0, 0.1) is 0 Å². The highest BCUT2D eigenvalue weighted by molar-refractivity contribution is 5.84. The van der Waals surface area contributed by atoms with Crippen molar-refractivity contribution in [2.24, 2.45) is 5.90 Å². The zero-order chi connectivity index (χ0) is 11.5. The van der Waals surface area contributed by atoms with Gasteiger partial charge in [0.05, 0.1) is 0 Å². The number of carboxylic acid groups (broad SMARTS) is 1. The van der Waals surface area contributed by atoms with E-state index in [4.69, 9.17) is 11.0 Å². The smallest absolute Gasteiger partial charge is 0.335 e. The number of carbonyl (C=O) groups is 1. The first-order valence-corrected chi connectivity index (χ1v) is 4.85. The molecule has 4 N–H and O–H groups in total. The zero-order valence-electron chi connectivity index (χ0n) is 8.51. The fraction of sp³-hybridized carbons (Fsp3) is 0.182. The van der Waals surface area contributed by atoms with Crippen LogP contribution in [0.25, 0.3) is 10.9 Å². The van der Waals surface area contributed by atoms with E-state index in [-0.39, 0.29) is 6.42 Å². The van der Waals surface area contributed by atoms with Crippen LogP contribution < -0.4 is 5.90 Å². The Hall–Kier alpha value is -1.85. The van der Waals surface area contributed by atoms with Crippen molar-refractivity contribution in [3.63, 3.8) is 0 Å². The number of aromatic amines is 1. The highest BCUT2D eigenvalue weighted by Gasteiger charge is 2.19. The van der Waals surface area contributed by atoms with Gasteiger partial charge in [0.15, 0.2) is 6.10 Å². The van der Waals surface area contributed by atoms with Crippen LogP contribution in [-0.2, 0) is 16.1 Å². The number of hydrogen-bond acceptors (Lipinski definition) is 3. The van der Waals surface area contributed by atoms with Crippen molar-refractivity contribution in [2.75, 3.05) is 0 Å². The van der Waals surface area contributed by atoms with Gasteiger partial charge in [0.1, 0.15) is 0 Å². The number of rotatable bonds is 4. The maximum absolute atomic E-state index is 10.8. The van der Waals surface area contributed by atoms with Gasteiger partial charge in [-0.3, -0.25) is 4.84 Å². The third-order valence-corrected chi connectivity index (χ3v) is 2.52. The van der Waals surface area contributed by atoms with Crippen LogP contribution in [-0.4, -0.2) is 22.2 Å². The number of para-hydroxylation sites is 1. The van der Waals surface area contributed by atoms with Gasteiger partial charge in [-0.05, 0) is 11.6 Å². The van der Waals surface area contributed by atoms with Crippen LogP contribution in [0.15, 0.2) is 30.5 Å². The number of nitrogens with one attached hydrogen (secondary N) is 1. The topological polar surface area (TPSA) is 88.3 Å². The summed E-state index contributed by atoms with van der Waals surface area (Å²) in [5, 5.41) is 9.82. The molecule has 1 aromatic heterocycles. The lowest BCUT2D eigenvalue weighted by Crippen LogP contribution is -2.29. The van der Waals surface area contributed by atoms with Crippen molar-refractivity contribution in [1.29, 1.82) is 0 Å². The summed E-state index contributed by atoms with van der Waals surface area (Å²) in [6.45, 7) is 0. The van der Waals surface area contributed by atoms with Crippen molar-refractivity contribution < 1.29 is 14.7 Å². The highest BCUT2D eigenvalue weighted by atomic mass is 16.6. The van der Waals surface area contributed by atoms with Gasteiger partial charge in [-0.25, -0.2) is 10.7 Å². The molecular weight excluding hydrogens is 208 g/mol. The molecule has 0 amide bonds. The minimum absolute atomic E-state index is 0.246. The number of benzene rings is 1. The van der Waals surface area contributed by atoms with E-state index >= 15 is 0 Å². The minimum Gasteiger partial charge on any atom is -0.479 e. The summed E-state index contributed by atoms with van der Waals surface area (Å²) >= 11 is 0. The van der Waals surface area contributed by atoms with E-state index in [9.17, 15) is 4.79 Å². The van der Waals surface area contributed by atoms with E-state index in [2.05, 4.69) is 9.82 Å². The maximum atomic E-state index is 10.8. The van der Waals surface area contributed by atoms with Crippen LogP contribution in [0.5, 0.6) is 0 Å². The molecule has 84 valence electrons. The Balaban J connectivity index is 2.30. The quantitative estimate of drug-likeness (QED) is 0.672. The van der Waals surface area contributed by atoms with Crippen molar-refractivity contribution in [2.45, 2.75) is 12.5 Å². The Kier molecular flexibility index (Phi) is 2.89. The standard InChI is InChI=1S/C11H12N2O3/c12-16-10(11(14)15)5-7-6-13-9-4-2-1-3-8(7)9/h1-4,6,10,13H,5,12H2,(H,14,15)/t10-/m0/s1. The van der Waals surface area contributed by atoms with Gasteiger partial charge < -0.3 is 10.1 Å². The number of carboxylic acids is 1. The molecule has 0 radical (unpaired) electrons. The fourth-order valence-corrected chi connectivity index (χ4v) is 1.69. The molecule has 0 saturated heterocycles. The Morgan fingerprint density at radius 3 is 2.94 bits per heavy atom. The summed E-state index contributed by atoms with van der Waals surface area (Å²) < 4.78 is 0. The largest absolute Gasteiger partial charge is 0.479 e. The highest BCUT2D eigenvalue weighted by Crippen LogP contribution is 2.19. The lowest BCUT2D eigenvalue weighted by atomic mass is 10.1. The monoisotopic (exact) mass is 220 g/mol. The van der Waals surface area contributed by atoms with Crippen LogP contribution >= 0.6 is 0 Å². The number of fused-ring (bicyclic) bond motifs is 1. The molecule has 5 heteroatoms. The Morgan fingerprint density at radius 2 is 2.25 bits per heavy atom. The first-order valence-electron chi connectivity index (χ1n) is 4.85. The number of H-pyrrole nitrogens is 1. The molecule has 0 unspecified atom stereocenters. The van der Waals surface area contributed by atoms with Crippen molar-refractivity contribution in [3.05, 3.63) is 36.0 Å². The summed E-state index contributed by atoms with van der Waals surface area (Å²) in [6.07, 6.45) is 1.01. The van der Waals surface area contributed by atoms with Crippen LogP contribution in [0.4, 0.5) is 0 Å². The van der Waals surface area contributed by atoms with E-state index in [0.29, 0.717) is 0 Å². The minimum atomic E-state index is -1.06. The van der Waals surface area contributed by atoms with Gasteiger partial charge in [0.25, 0.3) is 0 Å². The normalized spacial score (nSPS) is 12.8. The predicted molar refractivity (Wildman–Crippen MR) is 58.7 cm³/mol. The number of aliphatic carboxylic acids is 1. The molecule has 1 aromatic carbocycles. The molecule has 16 heavy (non-hydrogen) atoms. The second kappa shape index (κ2) is 4.34. The average Bonchev–Trinajstić information content (AvgIpc) is 2.69. The summed E-state index contributed by atoms with van der Waals surface area (Å²) in [4.78, 5) is 18.3. The number of aromatic nitrogens is 1. The second-order valence-corrected chi connectivity index (χ2v) is 3.53. The zero-order valence-corrected chi connectivity index (χ0v) is 8.51. The van der Waals surface area contributed by atoms with Crippen molar-refractivity contribution >= 4 is 16.9 Å². The third-order valence-electron chi connectivity index (χ3n) is 2.52. The van der Waals surface area contributed by atoms with E-state index in [0.717, 1.165) is 16.5 Å². The second-order valence-electron chi connectivity index (χ2n) is 3.53. The van der Waals surface area contributed by atoms with E-state index in [1.54, 1.807) is 6.20 Å². The molecule has 2 rings (SSSR count). The van der Waals surface area contributed by atoms with Gasteiger partial charge in [0.2, 0.25) is 0 Å². The number of hydrogen-bond donors (Lipinski definition) is 3. The van der Waals surface area contributed by atoms with Gasteiger partial charge in [-0.2, -0.15) is 0 Å². The van der Waals surface area contributed by atoms with Gasteiger partial charge in [-0.15, -0.1) is 0 Å². The molecule has 0 saturated carbocycles. The first-order chi connectivity index (χ1) is 7.72. The van der Waals surface area contributed by atoms with Crippen LogP contribution in [0.2, 0.25) is 0 Å². The molecular formula is C11H12N2O3. The summed E-state index contributed by atoms with van der Waals surface area (Å²) in [6, 6.07) is 7.67. The van der Waals surface area contributed by atoms with E-state index < -0.39 is 12.1 Å². The van der Waals surface area contributed by atoms with Crippen LogP contribution in [0.1, 0.15) is 5.56 Å². The third kappa shape index (κ3) is 1.91. The van der Waals surface area contributed by atoms with Crippen molar-refractivity contribution in [3.8, 4) is 0 Å². The molecule has 0 fully saturated rings. The van der Waals surface area contributed by atoms with E-state index in [1.165, 1.54) is 0 Å². The lowest BCUT2D eigenvalue weighted by molar-refractivity contribution is -0.150. The molecule has 2 aromatic rings. The lowest BCUT2D eigenvalue weighted by Gasteiger charge is -2.08. The molecule has 0 aliphatic carbocycles. The molecule has 0 bridgehead atoms. The average molecular weight is 220 g/mol. The molecule has 1 heterocycles.